The average Bonchev–Trinajstić information content (AvgIpc) is 2.23. The molecule has 0 aliphatic carbocycles. The second-order valence-electron chi connectivity index (χ2n) is 7.13. The van der Waals surface area contributed by atoms with E-state index in [4.69, 9.17) is 9.16 Å². The first-order chi connectivity index (χ1) is 8.44. The molecule has 0 bridgehead atoms. The Morgan fingerprint density at radius 1 is 1.16 bits per heavy atom. The van der Waals surface area contributed by atoms with Crippen LogP contribution in [0.25, 0.3) is 0 Å². The lowest BCUT2D eigenvalue weighted by Gasteiger charge is -2.41. The zero-order valence-corrected chi connectivity index (χ0v) is 15.2. The summed E-state index contributed by atoms with van der Waals surface area (Å²) in [5.41, 5.74) is 0. The van der Waals surface area contributed by atoms with Crippen LogP contribution in [0.3, 0.4) is 0 Å². The number of esters is 1. The van der Waals surface area contributed by atoms with Crippen molar-refractivity contribution in [3.8, 4) is 0 Å². The molecule has 0 heterocycles. The summed E-state index contributed by atoms with van der Waals surface area (Å²) in [6, 6.07) is 0. The molecule has 0 radical (unpaired) electrons. The van der Waals surface area contributed by atoms with Gasteiger partial charge in [0.2, 0.25) is 0 Å². The standard InChI is InChI=1S/C15H32O3Si/c1-10-17-14(16)12(4)13(11(2)3)18-19(8,9)15(5,6)7/h11-13H,10H2,1-9H3/t12-,13-/m1/s1. The largest absolute Gasteiger partial charge is 0.466 e. The molecule has 0 fully saturated rings. The summed E-state index contributed by atoms with van der Waals surface area (Å²) in [5.74, 6) is -0.0671. The number of hydrogen-bond acceptors (Lipinski definition) is 3. The summed E-state index contributed by atoms with van der Waals surface area (Å²) in [7, 11) is -1.87. The van der Waals surface area contributed by atoms with Gasteiger partial charge in [-0.2, -0.15) is 0 Å². The topological polar surface area (TPSA) is 35.5 Å². The Balaban J connectivity index is 5.00. The third kappa shape index (κ3) is 5.26. The molecule has 19 heavy (non-hydrogen) atoms. The van der Waals surface area contributed by atoms with Crippen molar-refractivity contribution >= 4 is 14.3 Å². The third-order valence-electron chi connectivity index (χ3n) is 4.05. The Hall–Kier alpha value is -0.353. The highest BCUT2D eigenvalue weighted by atomic mass is 28.4. The van der Waals surface area contributed by atoms with Crippen molar-refractivity contribution in [2.45, 2.75) is 72.7 Å². The highest BCUT2D eigenvalue weighted by Gasteiger charge is 2.42. The summed E-state index contributed by atoms with van der Waals surface area (Å²) in [5, 5.41) is 0.147. The first-order valence-electron chi connectivity index (χ1n) is 7.28. The Bertz CT molecular complexity index is 292. The fourth-order valence-electron chi connectivity index (χ4n) is 1.74. The van der Waals surface area contributed by atoms with Crippen molar-refractivity contribution in [3.63, 3.8) is 0 Å². The molecule has 0 rings (SSSR count). The lowest BCUT2D eigenvalue weighted by Crippen LogP contribution is -2.48. The van der Waals surface area contributed by atoms with Gasteiger partial charge in [0.05, 0.1) is 18.6 Å². The van der Waals surface area contributed by atoms with Crippen LogP contribution in [0.5, 0.6) is 0 Å². The molecule has 0 N–H and O–H groups in total. The second kappa shape index (κ2) is 6.89. The van der Waals surface area contributed by atoms with Crippen LogP contribution in [-0.2, 0) is 14.0 Å². The number of carbonyl (C=O) groups excluding carboxylic acids is 1. The van der Waals surface area contributed by atoms with Gasteiger partial charge < -0.3 is 9.16 Å². The summed E-state index contributed by atoms with van der Waals surface area (Å²) < 4.78 is 11.6. The van der Waals surface area contributed by atoms with Crippen LogP contribution in [0, 0.1) is 11.8 Å². The maximum absolute atomic E-state index is 11.9. The molecule has 0 aromatic heterocycles. The molecule has 0 aromatic carbocycles. The normalized spacial score (nSPS) is 16.3. The Kier molecular flexibility index (Phi) is 6.76. The maximum Gasteiger partial charge on any atom is 0.311 e. The smallest absolute Gasteiger partial charge is 0.311 e. The van der Waals surface area contributed by atoms with Gasteiger partial charge in [0.15, 0.2) is 8.32 Å². The molecule has 0 unspecified atom stereocenters. The number of carbonyl (C=O) groups is 1. The zero-order valence-electron chi connectivity index (χ0n) is 14.2. The molecule has 114 valence electrons. The molecule has 0 aliphatic heterocycles. The molecule has 2 atom stereocenters. The molecular formula is C15H32O3Si. The van der Waals surface area contributed by atoms with E-state index in [1.54, 1.807) is 0 Å². The van der Waals surface area contributed by atoms with E-state index in [9.17, 15) is 4.79 Å². The highest BCUT2D eigenvalue weighted by Crippen LogP contribution is 2.39. The number of hydrogen-bond donors (Lipinski definition) is 0. The summed E-state index contributed by atoms with van der Waals surface area (Å²) in [6.45, 7) is 19.5. The van der Waals surface area contributed by atoms with E-state index >= 15 is 0 Å². The van der Waals surface area contributed by atoms with Crippen LogP contribution >= 0.6 is 0 Å². The van der Waals surface area contributed by atoms with Gasteiger partial charge in [0.25, 0.3) is 0 Å². The van der Waals surface area contributed by atoms with Crippen LogP contribution in [0.15, 0.2) is 0 Å². The van der Waals surface area contributed by atoms with Crippen LogP contribution in [-0.4, -0.2) is 27.0 Å². The molecule has 4 heteroatoms. The van der Waals surface area contributed by atoms with Crippen molar-refractivity contribution in [1.29, 1.82) is 0 Å². The van der Waals surface area contributed by atoms with Crippen LogP contribution in [0.4, 0.5) is 0 Å². The van der Waals surface area contributed by atoms with Crippen molar-refractivity contribution in [2.75, 3.05) is 6.61 Å². The van der Waals surface area contributed by atoms with E-state index in [1.807, 2.05) is 13.8 Å². The molecule has 0 saturated carbocycles. The summed E-state index contributed by atoms with van der Waals surface area (Å²) in [4.78, 5) is 11.9. The minimum absolute atomic E-state index is 0.0695. The van der Waals surface area contributed by atoms with Crippen LogP contribution in [0.1, 0.15) is 48.5 Å². The maximum atomic E-state index is 11.9. The van der Waals surface area contributed by atoms with E-state index in [0.29, 0.717) is 12.5 Å². The lowest BCUT2D eigenvalue weighted by atomic mass is 9.95. The lowest BCUT2D eigenvalue weighted by molar-refractivity contribution is -0.151. The van der Waals surface area contributed by atoms with E-state index in [2.05, 4.69) is 47.7 Å². The Labute approximate surface area is 120 Å². The first kappa shape index (κ1) is 18.6. The van der Waals surface area contributed by atoms with Crippen molar-refractivity contribution in [3.05, 3.63) is 0 Å². The monoisotopic (exact) mass is 288 g/mol. The van der Waals surface area contributed by atoms with Gasteiger partial charge in [-0.1, -0.05) is 34.6 Å². The molecule has 0 aromatic rings. The Morgan fingerprint density at radius 3 is 1.95 bits per heavy atom. The second-order valence-corrected chi connectivity index (χ2v) is 11.9. The van der Waals surface area contributed by atoms with Crippen molar-refractivity contribution < 1.29 is 14.0 Å². The number of ether oxygens (including phenoxy) is 1. The Morgan fingerprint density at radius 2 is 1.63 bits per heavy atom. The van der Waals surface area contributed by atoms with Crippen molar-refractivity contribution in [2.24, 2.45) is 11.8 Å². The van der Waals surface area contributed by atoms with Gasteiger partial charge in [-0.3, -0.25) is 4.79 Å². The fourth-order valence-corrected chi connectivity index (χ4v) is 3.25. The fraction of sp³-hybridized carbons (Fsp3) is 0.933. The van der Waals surface area contributed by atoms with Crippen LogP contribution < -0.4 is 0 Å². The molecule has 0 aliphatic rings. The van der Waals surface area contributed by atoms with E-state index in [-0.39, 0.29) is 23.0 Å². The van der Waals surface area contributed by atoms with E-state index in [1.165, 1.54) is 0 Å². The first-order valence-corrected chi connectivity index (χ1v) is 10.2. The van der Waals surface area contributed by atoms with Gasteiger partial charge in [0.1, 0.15) is 0 Å². The van der Waals surface area contributed by atoms with E-state index < -0.39 is 8.32 Å². The molecular weight excluding hydrogens is 256 g/mol. The summed E-state index contributed by atoms with van der Waals surface area (Å²) in [6.07, 6.45) is -0.0695. The summed E-state index contributed by atoms with van der Waals surface area (Å²) >= 11 is 0. The van der Waals surface area contributed by atoms with E-state index in [0.717, 1.165) is 0 Å². The van der Waals surface area contributed by atoms with Crippen molar-refractivity contribution in [1.82, 2.24) is 0 Å². The molecule has 3 nitrogen and oxygen atoms in total. The molecule has 0 amide bonds. The van der Waals surface area contributed by atoms with Gasteiger partial charge in [-0.15, -0.1) is 0 Å². The van der Waals surface area contributed by atoms with Crippen LogP contribution in [0.2, 0.25) is 18.1 Å². The van der Waals surface area contributed by atoms with Gasteiger partial charge >= 0.3 is 5.97 Å². The van der Waals surface area contributed by atoms with Gasteiger partial charge in [-0.25, -0.2) is 0 Å². The minimum Gasteiger partial charge on any atom is -0.466 e. The number of rotatable bonds is 6. The van der Waals surface area contributed by atoms with Gasteiger partial charge in [0, 0.05) is 0 Å². The predicted molar refractivity (Wildman–Crippen MR) is 82.7 cm³/mol. The molecule has 0 spiro atoms. The zero-order chi connectivity index (χ0) is 15.4. The van der Waals surface area contributed by atoms with Gasteiger partial charge in [-0.05, 0) is 37.9 Å². The average molecular weight is 289 g/mol. The quantitative estimate of drug-likeness (QED) is 0.542. The minimum atomic E-state index is -1.87. The predicted octanol–water partition coefficient (Wildman–Crippen LogP) is 4.23. The highest BCUT2D eigenvalue weighted by molar-refractivity contribution is 6.74. The SMILES string of the molecule is CCOC(=O)[C@H](C)[C@H](O[Si](C)(C)C(C)(C)C)C(C)C. The molecule has 0 saturated heterocycles. The third-order valence-corrected chi connectivity index (χ3v) is 8.52.